The maximum atomic E-state index is 11.2. The molecular weight excluding hydrogens is 198 g/mol. The Kier molecular flexibility index (Phi) is 4.26. The molecule has 1 heterocycles. The van der Waals surface area contributed by atoms with Gasteiger partial charge in [0.15, 0.2) is 0 Å². The first-order valence-corrected chi connectivity index (χ1v) is 6.13. The van der Waals surface area contributed by atoms with Crippen LogP contribution in [0.15, 0.2) is 0 Å². The van der Waals surface area contributed by atoms with E-state index in [2.05, 4.69) is 19.2 Å². The Morgan fingerprint density at radius 1 is 1.50 bits per heavy atom. The third kappa shape index (κ3) is 2.89. The van der Waals surface area contributed by atoms with Crippen LogP contribution in [0, 0.1) is 5.92 Å². The third-order valence-corrected chi connectivity index (χ3v) is 4.46. The van der Waals surface area contributed by atoms with E-state index in [9.17, 15) is 9.90 Å². The van der Waals surface area contributed by atoms with Gasteiger partial charge in [-0.3, -0.25) is 4.79 Å². The molecule has 1 fully saturated rings. The smallest absolute Gasteiger partial charge is 0.319 e. The summed E-state index contributed by atoms with van der Waals surface area (Å²) in [6.07, 6.45) is 1.50. The van der Waals surface area contributed by atoms with Crippen molar-refractivity contribution in [3.63, 3.8) is 0 Å². The van der Waals surface area contributed by atoms with Crippen molar-refractivity contribution in [1.82, 2.24) is 5.32 Å². The van der Waals surface area contributed by atoms with E-state index in [1.54, 1.807) is 11.8 Å². The fraction of sp³-hybridized carbons (Fsp3) is 0.900. The third-order valence-electron chi connectivity index (χ3n) is 2.49. The lowest BCUT2D eigenvalue weighted by Gasteiger charge is -2.33. The molecule has 0 spiro atoms. The first-order valence-electron chi connectivity index (χ1n) is 5.15. The standard InChI is InChI=1S/C10H19NO2S/c1-8(2)7-14-10(9(12)13)3-5-11-6-4-10/h8,11H,3-7H2,1-2H3,(H,12,13). The maximum absolute atomic E-state index is 11.2. The predicted octanol–water partition coefficient (Wildman–Crippen LogP) is 1.58. The van der Waals surface area contributed by atoms with E-state index in [0.717, 1.165) is 31.7 Å². The highest BCUT2D eigenvalue weighted by Crippen LogP contribution is 2.35. The number of hydrogen-bond donors (Lipinski definition) is 2. The molecule has 0 amide bonds. The molecule has 1 rings (SSSR count). The molecule has 0 bridgehead atoms. The summed E-state index contributed by atoms with van der Waals surface area (Å²) in [5.74, 6) is 0.863. The van der Waals surface area contributed by atoms with Gasteiger partial charge in [0.1, 0.15) is 4.75 Å². The number of carboxylic acids is 1. The van der Waals surface area contributed by atoms with Crippen LogP contribution in [-0.2, 0) is 4.79 Å². The zero-order valence-electron chi connectivity index (χ0n) is 8.88. The Labute approximate surface area is 89.6 Å². The maximum Gasteiger partial charge on any atom is 0.319 e. The monoisotopic (exact) mass is 217 g/mol. The van der Waals surface area contributed by atoms with Crippen LogP contribution in [0.25, 0.3) is 0 Å². The van der Waals surface area contributed by atoms with E-state index >= 15 is 0 Å². The van der Waals surface area contributed by atoms with E-state index in [-0.39, 0.29) is 0 Å². The van der Waals surface area contributed by atoms with Crippen LogP contribution < -0.4 is 5.32 Å². The summed E-state index contributed by atoms with van der Waals surface area (Å²) < 4.78 is -0.518. The van der Waals surface area contributed by atoms with Gasteiger partial charge < -0.3 is 10.4 Å². The highest BCUT2D eigenvalue weighted by atomic mass is 32.2. The van der Waals surface area contributed by atoms with Crippen molar-refractivity contribution in [2.45, 2.75) is 31.4 Å². The Bertz CT molecular complexity index is 200. The van der Waals surface area contributed by atoms with Crippen LogP contribution in [0.2, 0.25) is 0 Å². The first kappa shape index (κ1) is 11.9. The quantitative estimate of drug-likeness (QED) is 0.750. The minimum Gasteiger partial charge on any atom is -0.480 e. The molecule has 0 saturated carbocycles. The number of carbonyl (C=O) groups is 1. The number of carboxylic acid groups (broad SMARTS) is 1. The van der Waals surface area contributed by atoms with E-state index < -0.39 is 10.7 Å². The minimum absolute atomic E-state index is 0.518. The lowest BCUT2D eigenvalue weighted by atomic mass is 9.97. The van der Waals surface area contributed by atoms with Crippen LogP contribution in [0.1, 0.15) is 26.7 Å². The minimum atomic E-state index is -0.635. The predicted molar refractivity (Wildman–Crippen MR) is 59.8 cm³/mol. The average Bonchev–Trinajstić information content (AvgIpc) is 2.16. The molecule has 82 valence electrons. The molecular formula is C10H19NO2S. The SMILES string of the molecule is CC(C)CSC1(C(=O)O)CCNCC1. The summed E-state index contributed by atoms with van der Waals surface area (Å²) in [6.45, 7) is 5.92. The molecule has 3 nitrogen and oxygen atoms in total. The van der Waals surface area contributed by atoms with Crippen molar-refractivity contribution in [3.05, 3.63) is 0 Å². The topological polar surface area (TPSA) is 49.3 Å². The lowest BCUT2D eigenvalue weighted by molar-refractivity contribution is -0.140. The largest absolute Gasteiger partial charge is 0.480 e. The molecule has 4 heteroatoms. The Hall–Kier alpha value is -0.220. The van der Waals surface area contributed by atoms with Gasteiger partial charge >= 0.3 is 5.97 Å². The summed E-state index contributed by atoms with van der Waals surface area (Å²) in [5, 5.41) is 12.5. The molecule has 0 aromatic heterocycles. The average molecular weight is 217 g/mol. The van der Waals surface area contributed by atoms with Gasteiger partial charge in [0.05, 0.1) is 0 Å². The second-order valence-electron chi connectivity index (χ2n) is 4.25. The van der Waals surface area contributed by atoms with Gasteiger partial charge in [-0.1, -0.05) is 13.8 Å². The molecule has 0 aromatic carbocycles. The van der Waals surface area contributed by atoms with Gasteiger partial charge in [-0.2, -0.15) is 0 Å². The molecule has 0 atom stereocenters. The van der Waals surface area contributed by atoms with E-state index in [4.69, 9.17) is 0 Å². The van der Waals surface area contributed by atoms with Crippen molar-refractivity contribution in [3.8, 4) is 0 Å². The highest BCUT2D eigenvalue weighted by Gasteiger charge is 2.40. The van der Waals surface area contributed by atoms with Gasteiger partial charge in [0, 0.05) is 0 Å². The Morgan fingerprint density at radius 2 is 2.07 bits per heavy atom. The molecule has 2 N–H and O–H groups in total. The second kappa shape index (κ2) is 5.03. The molecule has 0 aliphatic carbocycles. The number of hydrogen-bond acceptors (Lipinski definition) is 3. The summed E-state index contributed by atoms with van der Waals surface area (Å²) in [5.41, 5.74) is 0. The Balaban J connectivity index is 2.56. The van der Waals surface area contributed by atoms with Gasteiger partial charge in [-0.05, 0) is 37.6 Å². The van der Waals surface area contributed by atoms with Crippen molar-refractivity contribution in [2.24, 2.45) is 5.92 Å². The van der Waals surface area contributed by atoms with Gasteiger partial charge in [-0.25, -0.2) is 0 Å². The van der Waals surface area contributed by atoms with Crippen LogP contribution in [0.3, 0.4) is 0 Å². The molecule has 0 aromatic rings. The number of nitrogens with one attached hydrogen (secondary N) is 1. The van der Waals surface area contributed by atoms with Crippen molar-refractivity contribution >= 4 is 17.7 Å². The van der Waals surface area contributed by atoms with Crippen LogP contribution in [0.4, 0.5) is 0 Å². The summed E-state index contributed by atoms with van der Waals surface area (Å²) >= 11 is 1.62. The van der Waals surface area contributed by atoms with Crippen molar-refractivity contribution in [1.29, 1.82) is 0 Å². The van der Waals surface area contributed by atoms with Crippen LogP contribution >= 0.6 is 11.8 Å². The summed E-state index contributed by atoms with van der Waals surface area (Å²) in [6, 6.07) is 0. The first-order chi connectivity index (χ1) is 6.57. The molecule has 0 unspecified atom stereocenters. The fourth-order valence-electron chi connectivity index (χ4n) is 1.58. The zero-order valence-corrected chi connectivity index (χ0v) is 9.69. The number of piperidine rings is 1. The van der Waals surface area contributed by atoms with Crippen LogP contribution in [-0.4, -0.2) is 34.7 Å². The molecule has 14 heavy (non-hydrogen) atoms. The normalized spacial score (nSPS) is 21.1. The number of thioether (sulfide) groups is 1. The van der Waals surface area contributed by atoms with Gasteiger partial charge in [-0.15, -0.1) is 11.8 Å². The van der Waals surface area contributed by atoms with Crippen molar-refractivity contribution < 1.29 is 9.90 Å². The van der Waals surface area contributed by atoms with Crippen molar-refractivity contribution in [2.75, 3.05) is 18.8 Å². The Morgan fingerprint density at radius 3 is 2.50 bits per heavy atom. The summed E-state index contributed by atoms with van der Waals surface area (Å²) in [7, 11) is 0. The number of rotatable bonds is 4. The second-order valence-corrected chi connectivity index (χ2v) is 5.66. The van der Waals surface area contributed by atoms with E-state index in [1.807, 2.05) is 0 Å². The van der Waals surface area contributed by atoms with Gasteiger partial charge in [0.25, 0.3) is 0 Å². The highest BCUT2D eigenvalue weighted by molar-refractivity contribution is 8.01. The van der Waals surface area contributed by atoms with E-state index in [1.165, 1.54) is 0 Å². The molecule has 1 aliphatic rings. The van der Waals surface area contributed by atoms with E-state index in [0.29, 0.717) is 5.92 Å². The zero-order chi connectivity index (χ0) is 10.6. The lowest BCUT2D eigenvalue weighted by Crippen LogP contribution is -2.45. The number of aliphatic carboxylic acids is 1. The molecule has 0 radical (unpaired) electrons. The van der Waals surface area contributed by atoms with Crippen LogP contribution in [0.5, 0.6) is 0 Å². The fourth-order valence-corrected chi connectivity index (χ4v) is 2.85. The summed E-state index contributed by atoms with van der Waals surface area (Å²) in [4.78, 5) is 11.2. The molecule has 1 saturated heterocycles. The van der Waals surface area contributed by atoms with Gasteiger partial charge in [0.2, 0.25) is 0 Å². The molecule has 1 aliphatic heterocycles.